The molecule has 0 aliphatic rings. The molecule has 4 heteroatoms. The van der Waals surface area contributed by atoms with Gasteiger partial charge in [0, 0.05) is 5.56 Å². The van der Waals surface area contributed by atoms with Crippen molar-refractivity contribution in [2.75, 3.05) is 0 Å². The minimum atomic E-state index is -0.451. The first-order valence-corrected chi connectivity index (χ1v) is 5.18. The molecule has 74 valence electrons. The molecule has 1 unspecified atom stereocenters. The van der Waals surface area contributed by atoms with E-state index in [4.69, 9.17) is 4.42 Å². The number of furan rings is 1. The summed E-state index contributed by atoms with van der Waals surface area (Å²) in [5, 5.41) is 10.4. The number of aliphatic hydroxyl groups is 1. The van der Waals surface area contributed by atoms with Crippen molar-refractivity contribution in [3.63, 3.8) is 0 Å². The molecule has 2 aromatic rings. The van der Waals surface area contributed by atoms with Crippen LogP contribution in [-0.2, 0) is 0 Å². The van der Waals surface area contributed by atoms with Crippen LogP contribution in [0.4, 0.5) is 0 Å². The van der Waals surface area contributed by atoms with Gasteiger partial charge in [0.05, 0.1) is 22.9 Å². The van der Waals surface area contributed by atoms with Crippen LogP contribution in [0.15, 0.2) is 23.0 Å². The Morgan fingerprint density at radius 3 is 2.86 bits per heavy atom. The molecule has 0 radical (unpaired) electrons. The highest BCUT2D eigenvalue weighted by molar-refractivity contribution is 7.15. The van der Waals surface area contributed by atoms with Gasteiger partial charge in [0.1, 0.15) is 11.3 Å². The zero-order valence-corrected chi connectivity index (χ0v) is 8.84. The Labute approximate surface area is 86.0 Å². The van der Waals surface area contributed by atoms with Crippen molar-refractivity contribution in [3.8, 4) is 10.6 Å². The third-order valence-corrected chi connectivity index (χ3v) is 3.36. The largest absolute Gasteiger partial charge is 0.472 e. The standard InChI is InChI=1S/C10H11NO2S/c1-6-9(7(2)12)14-10(11-6)8-3-4-13-5-8/h3-5,7,12H,1-2H3. The molecule has 2 heterocycles. The molecular formula is C10H11NO2S. The van der Waals surface area contributed by atoms with E-state index in [1.807, 2.05) is 13.0 Å². The number of aromatic nitrogens is 1. The SMILES string of the molecule is Cc1nc(-c2ccoc2)sc1C(C)O. The molecule has 1 N–H and O–H groups in total. The Bertz CT molecular complexity index is 417. The number of nitrogens with zero attached hydrogens (tertiary/aromatic N) is 1. The molecule has 0 bridgehead atoms. The van der Waals surface area contributed by atoms with Gasteiger partial charge in [-0.05, 0) is 19.9 Å². The summed E-state index contributed by atoms with van der Waals surface area (Å²) in [6.45, 7) is 3.65. The molecule has 0 spiro atoms. The van der Waals surface area contributed by atoms with E-state index in [-0.39, 0.29) is 0 Å². The van der Waals surface area contributed by atoms with Crippen molar-refractivity contribution in [3.05, 3.63) is 29.2 Å². The summed E-state index contributed by atoms with van der Waals surface area (Å²) in [5.41, 5.74) is 1.85. The first-order chi connectivity index (χ1) is 6.68. The summed E-state index contributed by atoms with van der Waals surface area (Å²) in [5.74, 6) is 0. The number of aryl methyl sites for hydroxylation is 1. The minimum Gasteiger partial charge on any atom is -0.472 e. The maximum atomic E-state index is 9.46. The zero-order chi connectivity index (χ0) is 10.1. The van der Waals surface area contributed by atoms with E-state index in [0.717, 1.165) is 21.1 Å². The quantitative estimate of drug-likeness (QED) is 0.827. The van der Waals surface area contributed by atoms with E-state index in [2.05, 4.69) is 4.98 Å². The number of hydrogen-bond acceptors (Lipinski definition) is 4. The van der Waals surface area contributed by atoms with Gasteiger partial charge in [-0.3, -0.25) is 0 Å². The average Bonchev–Trinajstić information content (AvgIpc) is 2.70. The van der Waals surface area contributed by atoms with E-state index < -0.39 is 6.10 Å². The monoisotopic (exact) mass is 209 g/mol. The maximum Gasteiger partial charge on any atom is 0.127 e. The molecule has 2 rings (SSSR count). The second-order valence-corrected chi connectivity index (χ2v) is 4.19. The van der Waals surface area contributed by atoms with Crippen LogP contribution in [-0.4, -0.2) is 10.1 Å². The van der Waals surface area contributed by atoms with E-state index in [1.54, 1.807) is 19.5 Å². The number of aliphatic hydroxyl groups excluding tert-OH is 1. The number of thiazole rings is 1. The van der Waals surface area contributed by atoms with Crippen LogP contribution in [0.25, 0.3) is 10.6 Å². The van der Waals surface area contributed by atoms with Gasteiger partial charge in [0.15, 0.2) is 0 Å². The predicted octanol–water partition coefficient (Wildman–Crippen LogP) is 2.76. The highest BCUT2D eigenvalue weighted by Gasteiger charge is 2.13. The topological polar surface area (TPSA) is 46.3 Å². The zero-order valence-electron chi connectivity index (χ0n) is 8.02. The average molecular weight is 209 g/mol. The molecule has 0 fully saturated rings. The third kappa shape index (κ3) is 1.58. The van der Waals surface area contributed by atoms with E-state index in [9.17, 15) is 5.11 Å². The van der Waals surface area contributed by atoms with Gasteiger partial charge in [-0.15, -0.1) is 11.3 Å². The Hall–Kier alpha value is -1.13. The first-order valence-electron chi connectivity index (χ1n) is 4.36. The Balaban J connectivity index is 2.43. The van der Waals surface area contributed by atoms with Crippen molar-refractivity contribution in [2.24, 2.45) is 0 Å². The van der Waals surface area contributed by atoms with Gasteiger partial charge in [-0.25, -0.2) is 4.98 Å². The van der Waals surface area contributed by atoms with Crippen LogP contribution in [0.1, 0.15) is 23.6 Å². The fraction of sp³-hybridized carbons (Fsp3) is 0.300. The summed E-state index contributed by atoms with van der Waals surface area (Å²) >= 11 is 1.50. The highest BCUT2D eigenvalue weighted by atomic mass is 32.1. The Kier molecular flexibility index (Phi) is 2.39. The molecule has 0 aliphatic carbocycles. The molecule has 0 amide bonds. The molecule has 0 saturated heterocycles. The van der Waals surface area contributed by atoms with Gasteiger partial charge in [-0.2, -0.15) is 0 Å². The normalized spacial score (nSPS) is 13.1. The van der Waals surface area contributed by atoms with Crippen LogP contribution in [0, 0.1) is 6.92 Å². The second-order valence-electron chi connectivity index (χ2n) is 3.16. The summed E-state index contributed by atoms with van der Waals surface area (Å²) in [7, 11) is 0. The summed E-state index contributed by atoms with van der Waals surface area (Å²) in [4.78, 5) is 5.29. The minimum absolute atomic E-state index is 0.451. The van der Waals surface area contributed by atoms with Crippen molar-refractivity contribution < 1.29 is 9.52 Å². The summed E-state index contributed by atoms with van der Waals surface area (Å²) < 4.78 is 4.98. The molecule has 0 aliphatic heterocycles. The van der Waals surface area contributed by atoms with Gasteiger partial charge in [0.25, 0.3) is 0 Å². The third-order valence-electron chi connectivity index (χ3n) is 1.98. The predicted molar refractivity (Wildman–Crippen MR) is 55.2 cm³/mol. The lowest BCUT2D eigenvalue weighted by atomic mass is 10.3. The lowest BCUT2D eigenvalue weighted by molar-refractivity contribution is 0.202. The number of hydrogen-bond donors (Lipinski definition) is 1. The van der Waals surface area contributed by atoms with Crippen LogP contribution in [0.5, 0.6) is 0 Å². The Morgan fingerprint density at radius 2 is 2.36 bits per heavy atom. The molecule has 3 nitrogen and oxygen atoms in total. The van der Waals surface area contributed by atoms with E-state index in [0.29, 0.717) is 0 Å². The number of rotatable bonds is 2. The summed E-state index contributed by atoms with van der Waals surface area (Å²) in [6, 6.07) is 1.87. The highest BCUT2D eigenvalue weighted by Crippen LogP contribution is 2.31. The van der Waals surface area contributed by atoms with Crippen molar-refractivity contribution >= 4 is 11.3 Å². The van der Waals surface area contributed by atoms with Crippen LogP contribution >= 0.6 is 11.3 Å². The molecule has 0 saturated carbocycles. The van der Waals surface area contributed by atoms with Crippen LogP contribution in [0.2, 0.25) is 0 Å². The fourth-order valence-electron chi connectivity index (χ4n) is 1.31. The Morgan fingerprint density at radius 1 is 1.57 bits per heavy atom. The van der Waals surface area contributed by atoms with Gasteiger partial charge in [-0.1, -0.05) is 0 Å². The smallest absolute Gasteiger partial charge is 0.127 e. The van der Waals surface area contributed by atoms with Crippen molar-refractivity contribution in [1.29, 1.82) is 0 Å². The first kappa shape index (κ1) is 9.43. The van der Waals surface area contributed by atoms with Gasteiger partial charge >= 0.3 is 0 Å². The van der Waals surface area contributed by atoms with Crippen LogP contribution in [0.3, 0.4) is 0 Å². The molecule has 1 atom stereocenters. The van der Waals surface area contributed by atoms with Gasteiger partial charge in [0.2, 0.25) is 0 Å². The van der Waals surface area contributed by atoms with Crippen molar-refractivity contribution in [1.82, 2.24) is 4.98 Å². The fourth-order valence-corrected chi connectivity index (χ4v) is 2.29. The lowest BCUT2D eigenvalue weighted by Crippen LogP contribution is -1.88. The molecule has 0 aromatic carbocycles. The maximum absolute atomic E-state index is 9.46. The molecule has 14 heavy (non-hydrogen) atoms. The lowest BCUT2D eigenvalue weighted by Gasteiger charge is -1.98. The van der Waals surface area contributed by atoms with Gasteiger partial charge < -0.3 is 9.52 Å². The molecule has 2 aromatic heterocycles. The van der Waals surface area contributed by atoms with Crippen molar-refractivity contribution in [2.45, 2.75) is 20.0 Å². The van der Waals surface area contributed by atoms with Crippen LogP contribution < -0.4 is 0 Å². The second kappa shape index (κ2) is 3.55. The molecular weight excluding hydrogens is 198 g/mol. The van der Waals surface area contributed by atoms with E-state index >= 15 is 0 Å². The van der Waals surface area contributed by atoms with E-state index in [1.165, 1.54) is 11.3 Å². The summed E-state index contributed by atoms with van der Waals surface area (Å²) in [6.07, 6.45) is 2.83.